The number of hydrogen-bond acceptors (Lipinski definition) is 19. The number of aliphatic hydroxyl groups excluding tert-OH is 12. The van der Waals surface area contributed by atoms with E-state index < -0.39 is 131 Å². The van der Waals surface area contributed by atoms with Crippen molar-refractivity contribution in [1.82, 2.24) is 0 Å². The largest absolute Gasteiger partial charge is 0.394 e. The molecule has 0 aromatic heterocycles. The molecule has 0 bridgehead atoms. The number of ether oxygens (including phenoxy) is 6. The van der Waals surface area contributed by atoms with E-state index in [4.69, 9.17) is 28.4 Å². The van der Waals surface area contributed by atoms with E-state index in [1.54, 1.807) is 0 Å². The van der Waals surface area contributed by atoms with Gasteiger partial charge in [0.1, 0.15) is 85.5 Å². The fourth-order valence-corrected chi connectivity index (χ4v) is 4.46. The highest BCUT2D eigenvalue weighted by Gasteiger charge is 2.50. The van der Waals surface area contributed by atoms with Gasteiger partial charge in [-0.25, -0.2) is 0 Å². The van der Waals surface area contributed by atoms with Crippen molar-refractivity contribution >= 4 is 6.29 Å². The van der Waals surface area contributed by atoms with E-state index in [9.17, 15) is 66.1 Å². The van der Waals surface area contributed by atoms with Crippen LogP contribution in [0.4, 0.5) is 0 Å². The maximum atomic E-state index is 12.2. The Labute approximate surface area is 232 Å². The summed E-state index contributed by atoms with van der Waals surface area (Å²) in [5.74, 6) is 0. The number of carbonyl (C=O) groups excluding carboxylic acids is 1. The summed E-state index contributed by atoms with van der Waals surface area (Å²) in [6.45, 7) is -3.07. The minimum absolute atomic E-state index is 0.0480. The minimum Gasteiger partial charge on any atom is -0.394 e. The Morgan fingerprint density at radius 3 is 1.63 bits per heavy atom. The summed E-state index contributed by atoms with van der Waals surface area (Å²) in [7, 11) is 0. The Hall–Kier alpha value is -1.05. The van der Waals surface area contributed by atoms with Gasteiger partial charge in [-0.15, -0.1) is 0 Å². The van der Waals surface area contributed by atoms with E-state index in [0.29, 0.717) is 0 Å². The van der Waals surface area contributed by atoms with Gasteiger partial charge in [-0.3, -0.25) is 0 Å². The first-order chi connectivity index (χ1) is 19.4. The lowest BCUT2D eigenvalue weighted by atomic mass is 9.98. The quantitative estimate of drug-likeness (QED) is 0.0917. The molecule has 0 aromatic carbocycles. The molecule has 3 heterocycles. The summed E-state index contributed by atoms with van der Waals surface area (Å²) in [4.78, 5) is 12.2. The topological polar surface area (TPSA) is 315 Å². The van der Waals surface area contributed by atoms with Gasteiger partial charge < -0.3 is 94.5 Å². The molecule has 17 atom stereocenters. The molecule has 0 aromatic rings. The van der Waals surface area contributed by atoms with Gasteiger partial charge in [0, 0.05) is 0 Å². The molecule has 0 unspecified atom stereocenters. The number of hydrogen-bond donors (Lipinski definition) is 12. The second-order valence-electron chi connectivity index (χ2n) is 9.89. The van der Waals surface area contributed by atoms with E-state index in [1.165, 1.54) is 0 Å². The van der Waals surface area contributed by atoms with Gasteiger partial charge in [0.25, 0.3) is 0 Å². The molecule has 0 amide bonds. The molecule has 0 radical (unpaired) electrons. The molecule has 3 fully saturated rings. The molecule has 12 N–H and O–H groups in total. The highest BCUT2D eigenvalue weighted by molar-refractivity contribution is 5.57. The van der Waals surface area contributed by atoms with Crippen LogP contribution in [-0.4, -0.2) is 198 Å². The third kappa shape index (κ3) is 7.73. The first kappa shape index (κ1) is 34.4. The maximum Gasteiger partial charge on any atom is 0.187 e. The van der Waals surface area contributed by atoms with Crippen molar-refractivity contribution in [3.05, 3.63) is 0 Å². The molecule has 41 heavy (non-hydrogen) atoms. The second-order valence-corrected chi connectivity index (χ2v) is 9.89. The van der Waals surface area contributed by atoms with Crippen LogP contribution < -0.4 is 0 Å². The number of aliphatic hydroxyl groups is 12. The second kappa shape index (κ2) is 15.1. The Kier molecular flexibility index (Phi) is 12.7. The monoisotopic (exact) mass is 606 g/mol. The van der Waals surface area contributed by atoms with Crippen LogP contribution in [-0.2, 0) is 33.2 Å². The van der Waals surface area contributed by atoms with Gasteiger partial charge in [0.15, 0.2) is 25.2 Å². The summed E-state index contributed by atoms with van der Waals surface area (Å²) in [6.07, 6.45) is -31.3. The summed E-state index contributed by atoms with van der Waals surface area (Å²) >= 11 is 0. The first-order valence-electron chi connectivity index (χ1n) is 12.7. The minimum atomic E-state index is -2.02. The summed E-state index contributed by atoms with van der Waals surface area (Å²) in [5, 5.41) is 121. The summed E-state index contributed by atoms with van der Waals surface area (Å²) in [6, 6.07) is 0. The average Bonchev–Trinajstić information content (AvgIpc) is 2.97. The Morgan fingerprint density at radius 1 is 0.659 bits per heavy atom. The molecule has 3 rings (SSSR count). The SMILES string of the molecule is O=C[C@H](O[C@H]1OC[C@@H](O)[C@H](O)[C@H]1O)[C@@H](O[C@H]1OC[C@@H](O)[C@H](O)[C@H]1O)[C@H](O[C@H]1O[C@H](CO)[C@@H](O)[C@H](O)[C@H]1O)[C@H](O)CO. The van der Waals surface area contributed by atoms with Crippen LogP contribution in [0.15, 0.2) is 0 Å². The van der Waals surface area contributed by atoms with Gasteiger partial charge in [-0.05, 0) is 0 Å². The van der Waals surface area contributed by atoms with Crippen molar-refractivity contribution in [3.63, 3.8) is 0 Å². The van der Waals surface area contributed by atoms with Crippen molar-refractivity contribution in [2.75, 3.05) is 26.4 Å². The van der Waals surface area contributed by atoms with Gasteiger partial charge in [-0.2, -0.15) is 0 Å². The lowest BCUT2D eigenvalue weighted by Gasteiger charge is -2.45. The molecular formula is C22H38O19. The zero-order valence-electron chi connectivity index (χ0n) is 21.4. The van der Waals surface area contributed by atoms with Crippen molar-refractivity contribution in [3.8, 4) is 0 Å². The van der Waals surface area contributed by atoms with Crippen molar-refractivity contribution < 1.29 is 94.5 Å². The van der Waals surface area contributed by atoms with Crippen LogP contribution in [0.1, 0.15) is 0 Å². The van der Waals surface area contributed by atoms with Crippen molar-refractivity contribution in [1.29, 1.82) is 0 Å². The Bertz CT molecular complexity index is 805. The molecule has 240 valence electrons. The van der Waals surface area contributed by atoms with Crippen LogP contribution in [0, 0.1) is 0 Å². The predicted molar refractivity (Wildman–Crippen MR) is 123 cm³/mol. The highest BCUT2D eigenvalue weighted by Crippen LogP contribution is 2.29. The van der Waals surface area contributed by atoms with E-state index in [2.05, 4.69) is 0 Å². The normalized spacial score (nSPS) is 45.0. The molecular weight excluding hydrogens is 568 g/mol. The zero-order chi connectivity index (χ0) is 30.6. The van der Waals surface area contributed by atoms with Crippen molar-refractivity contribution in [2.45, 2.75) is 104 Å². The van der Waals surface area contributed by atoms with E-state index >= 15 is 0 Å². The molecule has 3 aliphatic heterocycles. The molecule has 3 aliphatic rings. The molecule has 0 saturated carbocycles. The van der Waals surface area contributed by atoms with Crippen LogP contribution in [0.2, 0.25) is 0 Å². The molecule has 0 aliphatic carbocycles. The smallest absolute Gasteiger partial charge is 0.187 e. The van der Waals surface area contributed by atoms with Gasteiger partial charge in [0.05, 0.1) is 26.4 Å². The fourth-order valence-electron chi connectivity index (χ4n) is 4.46. The maximum absolute atomic E-state index is 12.2. The zero-order valence-corrected chi connectivity index (χ0v) is 21.4. The Balaban J connectivity index is 1.94. The van der Waals surface area contributed by atoms with Gasteiger partial charge in [-0.1, -0.05) is 0 Å². The molecule has 19 nitrogen and oxygen atoms in total. The summed E-state index contributed by atoms with van der Waals surface area (Å²) in [5.41, 5.74) is 0. The molecule has 0 spiro atoms. The first-order valence-corrected chi connectivity index (χ1v) is 12.7. The number of carbonyl (C=O) groups is 1. The van der Waals surface area contributed by atoms with Crippen LogP contribution in [0.25, 0.3) is 0 Å². The van der Waals surface area contributed by atoms with Gasteiger partial charge in [0.2, 0.25) is 0 Å². The van der Waals surface area contributed by atoms with E-state index in [0.717, 1.165) is 0 Å². The molecule has 19 heteroatoms. The lowest BCUT2D eigenvalue weighted by molar-refractivity contribution is -0.353. The standard InChI is InChI=1S/C22H38O19/c23-1-6(26)18(40-22-17(35)14(32)13(31)9(2-24)38-22)19(41-21-16(34)12(30)8(28)5-37-21)10(3-25)39-20-15(33)11(29)7(27)4-36-20/h3,6-24,26-35H,1-2,4-5H2/t6-,7-,8-,9-,10+,11+,12+,13-,14+,15-,16-,17-,18-,19-,20-,21-,22-/m1/s1. The van der Waals surface area contributed by atoms with Crippen molar-refractivity contribution in [2.24, 2.45) is 0 Å². The third-order valence-electron chi connectivity index (χ3n) is 6.98. The van der Waals surface area contributed by atoms with Gasteiger partial charge >= 0.3 is 0 Å². The fraction of sp³-hybridized carbons (Fsp3) is 0.955. The third-order valence-corrected chi connectivity index (χ3v) is 6.98. The average molecular weight is 607 g/mol. The number of aldehydes is 1. The number of rotatable bonds is 12. The lowest BCUT2D eigenvalue weighted by Crippen LogP contribution is -2.63. The van der Waals surface area contributed by atoms with E-state index in [1.807, 2.05) is 0 Å². The summed E-state index contributed by atoms with van der Waals surface area (Å²) < 4.78 is 32.2. The molecule has 3 saturated heterocycles. The van der Waals surface area contributed by atoms with E-state index in [-0.39, 0.29) is 6.29 Å². The van der Waals surface area contributed by atoms with Crippen LogP contribution in [0.5, 0.6) is 0 Å². The van der Waals surface area contributed by atoms with Crippen LogP contribution >= 0.6 is 0 Å². The predicted octanol–water partition coefficient (Wildman–Crippen LogP) is -8.63. The highest BCUT2D eigenvalue weighted by atomic mass is 16.8. The Morgan fingerprint density at radius 2 is 1.15 bits per heavy atom. The van der Waals surface area contributed by atoms with Crippen LogP contribution in [0.3, 0.4) is 0 Å².